The number of phenols is 1. The summed E-state index contributed by atoms with van der Waals surface area (Å²) in [6.45, 7) is 0.0522. The molecule has 0 radical (unpaired) electrons. The zero-order chi connectivity index (χ0) is 16.4. The van der Waals surface area contributed by atoms with Crippen LogP contribution in [0.1, 0.15) is 11.1 Å². The number of hydrogen-bond acceptors (Lipinski definition) is 4. The second kappa shape index (κ2) is 6.00. The van der Waals surface area contributed by atoms with Crippen LogP contribution in [-0.2, 0) is 22.6 Å². The van der Waals surface area contributed by atoms with Crippen LogP contribution < -0.4 is 4.90 Å². The number of rotatable bonds is 3. The average molecular weight is 313 g/mol. The molecule has 1 atom stereocenters. The van der Waals surface area contributed by atoms with Gasteiger partial charge >= 0.3 is 12.1 Å². The van der Waals surface area contributed by atoms with Crippen molar-refractivity contribution in [3.8, 4) is 5.75 Å². The lowest BCUT2D eigenvalue weighted by Crippen LogP contribution is -2.43. The van der Waals surface area contributed by atoms with Crippen LogP contribution in [0, 0.1) is 0 Å². The number of hydrogen-bond donors (Lipinski definition) is 2. The second-order valence-corrected chi connectivity index (χ2v) is 5.28. The first kappa shape index (κ1) is 14.9. The molecule has 1 aliphatic rings. The van der Waals surface area contributed by atoms with Gasteiger partial charge in [0.2, 0.25) is 0 Å². The van der Waals surface area contributed by atoms with Crippen LogP contribution in [0.4, 0.5) is 10.5 Å². The number of anilines is 1. The Balaban J connectivity index is 1.82. The number of carboxylic acids is 1. The monoisotopic (exact) mass is 313 g/mol. The minimum Gasteiger partial charge on any atom is -0.508 e. The van der Waals surface area contributed by atoms with Crippen LogP contribution in [0.15, 0.2) is 48.5 Å². The van der Waals surface area contributed by atoms with Crippen LogP contribution in [-0.4, -0.2) is 28.3 Å². The molecular formula is C17H15NO5. The van der Waals surface area contributed by atoms with Gasteiger partial charge in [-0.2, -0.15) is 0 Å². The second-order valence-electron chi connectivity index (χ2n) is 5.28. The summed E-state index contributed by atoms with van der Waals surface area (Å²) >= 11 is 0. The Morgan fingerprint density at radius 1 is 1.17 bits per heavy atom. The smallest absolute Gasteiger partial charge is 0.415 e. The Bertz CT molecular complexity index is 744. The number of benzene rings is 2. The molecule has 118 valence electrons. The number of fused-ring (bicyclic) bond motifs is 1. The van der Waals surface area contributed by atoms with Gasteiger partial charge in [0, 0.05) is 12.5 Å². The highest BCUT2D eigenvalue weighted by molar-refractivity contribution is 5.98. The van der Waals surface area contributed by atoms with Crippen LogP contribution in [0.2, 0.25) is 0 Å². The Kier molecular flexibility index (Phi) is 3.89. The number of nitrogens with zero attached hydrogens (tertiary/aromatic N) is 1. The lowest BCUT2D eigenvalue weighted by Gasteiger charge is -2.22. The van der Waals surface area contributed by atoms with Gasteiger partial charge in [0.25, 0.3) is 0 Å². The molecule has 6 heteroatoms. The van der Waals surface area contributed by atoms with Crippen LogP contribution in [0.3, 0.4) is 0 Å². The number of phenolic OH excluding ortho intramolecular Hbond substituents is 1. The largest absolute Gasteiger partial charge is 0.508 e. The van der Waals surface area contributed by atoms with E-state index in [0.717, 1.165) is 10.5 Å². The number of ether oxygens (including phenoxy) is 1. The van der Waals surface area contributed by atoms with Crippen molar-refractivity contribution < 1.29 is 24.5 Å². The molecule has 1 amide bonds. The van der Waals surface area contributed by atoms with Gasteiger partial charge in [-0.25, -0.2) is 9.59 Å². The lowest BCUT2D eigenvalue weighted by molar-refractivity contribution is -0.138. The van der Waals surface area contributed by atoms with E-state index in [-0.39, 0.29) is 18.8 Å². The highest BCUT2D eigenvalue weighted by Crippen LogP contribution is 2.35. The highest BCUT2D eigenvalue weighted by Gasteiger charge is 2.39. The predicted octanol–water partition coefficient (Wildman–Crippen LogP) is 2.54. The average Bonchev–Trinajstić information content (AvgIpc) is 2.92. The van der Waals surface area contributed by atoms with Crippen molar-refractivity contribution in [1.29, 1.82) is 0 Å². The minimum absolute atomic E-state index is 0.0318. The van der Waals surface area contributed by atoms with Gasteiger partial charge in [-0.05, 0) is 17.2 Å². The first-order chi connectivity index (χ1) is 11.1. The van der Waals surface area contributed by atoms with Crippen molar-refractivity contribution in [1.82, 2.24) is 0 Å². The summed E-state index contributed by atoms with van der Waals surface area (Å²) in [5.41, 5.74) is 1.87. The van der Waals surface area contributed by atoms with E-state index in [2.05, 4.69) is 0 Å². The van der Waals surface area contributed by atoms with Crippen molar-refractivity contribution >= 4 is 17.7 Å². The van der Waals surface area contributed by atoms with Gasteiger partial charge in [0.05, 0.1) is 5.69 Å². The van der Waals surface area contributed by atoms with E-state index in [1.54, 1.807) is 6.07 Å². The molecule has 0 aliphatic carbocycles. The van der Waals surface area contributed by atoms with Crippen LogP contribution in [0.25, 0.3) is 0 Å². The number of carbonyl (C=O) groups is 2. The van der Waals surface area contributed by atoms with Crippen LogP contribution in [0.5, 0.6) is 5.75 Å². The number of aliphatic carboxylic acids is 1. The molecule has 0 unspecified atom stereocenters. The molecule has 0 spiro atoms. The van der Waals surface area contributed by atoms with Crippen LogP contribution >= 0.6 is 0 Å². The molecule has 0 aromatic heterocycles. The summed E-state index contributed by atoms with van der Waals surface area (Å²) in [5, 5.41) is 18.9. The third-order valence-electron chi connectivity index (χ3n) is 3.74. The molecule has 3 rings (SSSR count). The summed E-state index contributed by atoms with van der Waals surface area (Å²) in [6.07, 6.45) is -0.559. The fraction of sp³-hybridized carbons (Fsp3) is 0.176. The zero-order valence-corrected chi connectivity index (χ0v) is 12.2. The van der Waals surface area contributed by atoms with Crippen molar-refractivity contribution in [2.24, 2.45) is 0 Å². The van der Waals surface area contributed by atoms with Crippen molar-refractivity contribution in [3.05, 3.63) is 59.7 Å². The molecule has 1 aliphatic heterocycles. The van der Waals surface area contributed by atoms with Gasteiger partial charge in [-0.1, -0.05) is 36.4 Å². The summed E-state index contributed by atoms with van der Waals surface area (Å²) in [5.74, 6) is -1.15. The Labute approximate surface area is 132 Å². The molecule has 0 saturated heterocycles. The van der Waals surface area contributed by atoms with Gasteiger partial charge in [-0.15, -0.1) is 0 Å². The van der Waals surface area contributed by atoms with Gasteiger partial charge < -0.3 is 14.9 Å². The fourth-order valence-corrected chi connectivity index (χ4v) is 2.63. The summed E-state index contributed by atoms with van der Waals surface area (Å²) in [7, 11) is 0. The predicted molar refractivity (Wildman–Crippen MR) is 82.3 cm³/mol. The van der Waals surface area contributed by atoms with E-state index in [4.69, 9.17) is 4.74 Å². The first-order valence-electron chi connectivity index (χ1n) is 7.11. The Hall–Kier alpha value is -3.02. The minimum atomic E-state index is -1.11. The Morgan fingerprint density at radius 2 is 1.91 bits per heavy atom. The molecule has 1 heterocycles. The molecule has 6 nitrogen and oxygen atoms in total. The maximum Gasteiger partial charge on any atom is 0.415 e. The Morgan fingerprint density at radius 3 is 2.61 bits per heavy atom. The molecule has 0 bridgehead atoms. The normalized spacial score (nSPS) is 16.0. The van der Waals surface area contributed by atoms with Crippen molar-refractivity contribution in [2.75, 3.05) is 4.90 Å². The van der Waals surface area contributed by atoms with E-state index in [9.17, 15) is 19.8 Å². The van der Waals surface area contributed by atoms with E-state index in [0.29, 0.717) is 11.3 Å². The van der Waals surface area contributed by atoms with E-state index in [1.807, 2.05) is 30.3 Å². The van der Waals surface area contributed by atoms with E-state index < -0.39 is 18.1 Å². The summed E-state index contributed by atoms with van der Waals surface area (Å²) < 4.78 is 5.23. The number of aromatic hydroxyl groups is 1. The third kappa shape index (κ3) is 2.96. The molecule has 2 aromatic rings. The van der Waals surface area contributed by atoms with Gasteiger partial charge in [0.15, 0.2) is 0 Å². The maximum absolute atomic E-state index is 12.4. The molecule has 0 saturated carbocycles. The summed E-state index contributed by atoms with van der Waals surface area (Å²) in [6, 6.07) is 12.6. The maximum atomic E-state index is 12.4. The highest BCUT2D eigenvalue weighted by atomic mass is 16.6. The number of carbonyl (C=O) groups excluding carboxylic acids is 1. The summed E-state index contributed by atoms with van der Waals surface area (Å²) in [4.78, 5) is 24.9. The van der Waals surface area contributed by atoms with Gasteiger partial charge in [-0.3, -0.25) is 4.90 Å². The van der Waals surface area contributed by atoms with E-state index >= 15 is 0 Å². The zero-order valence-electron chi connectivity index (χ0n) is 12.2. The lowest BCUT2D eigenvalue weighted by atomic mass is 10.1. The molecule has 2 N–H and O–H groups in total. The fourth-order valence-electron chi connectivity index (χ4n) is 2.63. The number of amides is 1. The first-order valence-corrected chi connectivity index (χ1v) is 7.11. The quantitative estimate of drug-likeness (QED) is 0.909. The molecule has 2 aromatic carbocycles. The van der Waals surface area contributed by atoms with Crippen molar-refractivity contribution in [2.45, 2.75) is 19.1 Å². The third-order valence-corrected chi connectivity index (χ3v) is 3.74. The van der Waals surface area contributed by atoms with Crippen molar-refractivity contribution in [3.63, 3.8) is 0 Å². The SMILES string of the molecule is O=C(O)[C@@H]1Cc2ccc(O)cc2N1C(=O)OCc1ccccc1. The van der Waals surface area contributed by atoms with Gasteiger partial charge in [0.1, 0.15) is 18.4 Å². The molecule has 23 heavy (non-hydrogen) atoms. The number of carboxylic acid groups (broad SMARTS) is 1. The molecular weight excluding hydrogens is 298 g/mol. The van der Waals surface area contributed by atoms with E-state index in [1.165, 1.54) is 12.1 Å². The molecule has 0 fully saturated rings. The topological polar surface area (TPSA) is 87.1 Å². The standard InChI is InChI=1S/C17H15NO5/c19-13-7-6-12-8-15(16(20)21)18(14(12)9-13)17(22)23-10-11-4-2-1-3-5-11/h1-7,9,15,19H,8,10H2,(H,20,21)/t15-/m0/s1.